The fourth-order valence-corrected chi connectivity index (χ4v) is 3.08. The van der Waals surface area contributed by atoms with Gasteiger partial charge in [0.25, 0.3) is 0 Å². The van der Waals surface area contributed by atoms with Crippen LogP contribution in [-0.4, -0.2) is 9.55 Å². The molecule has 3 nitrogen and oxygen atoms in total. The highest BCUT2D eigenvalue weighted by Crippen LogP contribution is 2.48. The van der Waals surface area contributed by atoms with Gasteiger partial charge in [-0.15, -0.1) is 0 Å². The van der Waals surface area contributed by atoms with Crippen molar-refractivity contribution in [2.45, 2.75) is 37.6 Å². The van der Waals surface area contributed by atoms with E-state index in [1.165, 1.54) is 25.7 Å². The summed E-state index contributed by atoms with van der Waals surface area (Å²) in [6.45, 7) is 0. The Hall–Kier alpha value is -1.19. The lowest BCUT2D eigenvalue weighted by atomic mass is 10.1. The van der Waals surface area contributed by atoms with Crippen LogP contribution in [0.2, 0.25) is 10.0 Å². The molecule has 2 aromatic rings. The Bertz CT molecular complexity index is 685. The molecule has 0 atom stereocenters. The van der Waals surface area contributed by atoms with Crippen LogP contribution in [-0.2, 0) is 0 Å². The molecular weight excluding hydrogens is 293 g/mol. The maximum atomic E-state index is 6.36. The number of anilines is 1. The number of hydrogen-bond acceptors (Lipinski definition) is 2. The van der Waals surface area contributed by atoms with Crippen molar-refractivity contribution in [3.05, 3.63) is 34.1 Å². The fraction of sp³-hybridized carbons (Fsp3) is 0.400. The van der Waals surface area contributed by atoms with E-state index >= 15 is 0 Å². The van der Waals surface area contributed by atoms with Crippen LogP contribution in [0.1, 0.15) is 43.5 Å². The van der Waals surface area contributed by atoms with Crippen molar-refractivity contribution in [2.24, 2.45) is 0 Å². The average Bonchev–Trinajstić information content (AvgIpc) is 3.32. The number of rotatable bonds is 3. The molecule has 0 saturated heterocycles. The van der Waals surface area contributed by atoms with Crippen molar-refractivity contribution in [1.29, 1.82) is 0 Å². The second kappa shape index (κ2) is 4.40. The Labute approximate surface area is 127 Å². The van der Waals surface area contributed by atoms with E-state index in [-0.39, 0.29) is 0 Å². The fourth-order valence-electron chi connectivity index (χ4n) is 2.69. The molecule has 2 saturated carbocycles. The molecule has 5 heteroatoms. The van der Waals surface area contributed by atoms with Crippen LogP contribution in [0.25, 0.3) is 11.3 Å². The molecule has 0 radical (unpaired) electrons. The van der Waals surface area contributed by atoms with Gasteiger partial charge in [0.15, 0.2) is 0 Å². The van der Waals surface area contributed by atoms with Gasteiger partial charge in [-0.2, -0.15) is 0 Å². The maximum Gasteiger partial charge on any atom is 0.132 e. The maximum absolute atomic E-state index is 6.36. The number of benzene rings is 1. The first-order valence-corrected chi connectivity index (χ1v) is 7.74. The van der Waals surface area contributed by atoms with Gasteiger partial charge in [-0.05, 0) is 31.7 Å². The third kappa shape index (κ3) is 1.92. The van der Waals surface area contributed by atoms with E-state index in [2.05, 4.69) is 4.57 Å². The minimum absolute atomic E-state index is 0.531. The number of nitrogens with two attached hydrogens (primary N) is 1. The van der Waals surface area contributed by atoms with Gasteiger partial charge in [-0.3, -0.25) is 0 Å². The summed E-state index contributed by atoms with van der Waals surface area (Å²) in [4.78, 5) is 4.80. The van der Waals surface area contributed by atoms with Gasteiger partial charge < -0.3 is 10.3 Å². The molecule has 2 aliphatic carbocycles. The summed E-state index contributed by atoms with van der Waals surface area (Å²) in [5.74, 6) is 2.44. The highest BCUT2D eigenvalue weighted by atomic mass is 35.5. The Morgan fingerprint density at radius 1 is 1.15 bits per heavy atom. The van der Waals surface area contributed by atoms with Crippen LogP contribution < -0.4 is 5.73 Å². The molecule has 2 N–H and O–H groups in total. The highest BCUT2D eigenvalue weighted by Gasteiger charge is 2.36. The monoisotopic (exact) mass is 307 g/mol. The summed E-state index contributed by atoms with van der Waals surface area (Å²) in [7, 11) is 0. The van der Waals surface area contributed by atoms with Gasteiger partial charge in [-0.25, -0.2) is 4.98 Å². The minimum atomic E-state index is 0.531. The lowest BCUT2D eigenvalue weighted by Gasteiger charge is -2.07. The van der Waals surface area contributed by atoms with Crippen LogP contribution in [0.15, 0.2) is 18.2 Å². The average molecular weight is 308 g/mol. The summed E-state index contributed by atoms with van der Waals surface area (Å²) >= 11 is 12.4. The molecule has 104 valence electrons. The zero-order chi connectivity index (χ0) is 13.9. The number of halogens is 2. The number of aromatic nitrogens is 2. The molecule has 0 aliphatic heterocycles. The molecule has 0 amide bonds. The number of imidazole rings is 1. The zero-order valence-electron chi connectivity index (χ0n) is 10.9. The Morgan fingerprint density at radius 2 is 1.90 bits per heavy atom. The topological polar surface area (TPSA) is 43.8 Å². The molecule has 0 unspecified atom stereocenters. The molecule has 20 heavy (non-hydrogen) atoms. The molecule has 0 bridgehead atoms. The van der Waals surface area contributed by atoms with E-state index < -0.39 is 0 Å². The van der Waals surface area contributed by atoms with E-state index in [4.69, 9.17) is 33.9 Å². The normalized spacial score (nSPS) is 18.5. The van der Waals surface area contributed by atoms with Crippen LogP contribution >= 0.6 is 23.2 Å². The predicted molar refractivity (Wildman–Crippen MR) is 82.3 cm³/mol. The molecule has 2 aliphatic rings. The van der Waals surface area contributed by atoms with E-state index in [1.54, 1.807) is 6.07 Å². The van der Waals surface area contributed by atoms with E-state index in [0.29, 0.717) is 22.0 Å². The van der Waals surface area contributed by atoms with Crippen LogP contribution in [0.3, 0.4) is 0 Å². The van der Waals surface area contributed by atoms with E-state index in [9.17, 15) is 0 Å². The first-order valence-electron chi connectivity index (χ1n) is 6.98. The number of nitrogen functional groups attached to an aromatic ring is 1. The second-order valence-corrected chi connectivity index (χ2v) is 6.47. The largest absolute Gasteiger partial charge is 0.383 e. The molecule has 1 aromatic heterocycles. The van der Waals surface area contributed by atoms with Gasteiger partial charge in [0.2, 0.25) is 0 Å². The number of nitrogens with zero attached hydrogens (tertiary/aromatic N) is 2. The third-order valence-electron chi connectivity index (χ3n) is 4.04. The van der Waals surface area contributed by atoms with Gasteiger partial charge >= 0.3 is 0 Å². The van der Waals surface area contributed by atoms with Gasteiger partial charge in [0, 0.05) is 17.5 Å². The second-order valence-electron chi connectivity index (χ2n) is 5.68. The highest BCUT2D eigenvalue weighted by molar-refractivity contribution is 6.43. The summed E-state index contributed by atoms with van der Waals surface area (Å²) in [6, 6.07) is 6.13. The lowest BCUT2D eigenvalue weighted by molar-refractivity contribution is 0.691. The summed E-state index contributed by atoms with van der Waals surface area (Å²) in [5.41, 5.74) is 7.98. The Balaban J connectivity index is 1.89. The van der Waals surface area contributed by atoms with E-state index in [1.807, 2.05) is 12.1 Å². The van der Waals surface area contributed by atoms with Crippen molar-refractivity contribution in [2.75, 3.05) is 5.73 Å². The SMILES string of the molecule is Nc1c(-c2cccc(Cl)c2Cl)nc(C2CC2)n1C1CC1. The summed E-state index contributed by atoms with van der Waals surface area (Å²) < 4.78 is 2.23. The van der Waals surface area contributed by atoms with Crippen LogP contribution in [0.5, 0.6) is 0 Å². The third-order valence-corrected chi connectivity index (χ3v) is 4.86. The summed E-state index contributed by atoms with van der Waals surface area (Å²) in [6.07, 6.45) is 4.82. The molecule has 1 aromatic carbocycles. The predicted octanol–water partition coefficient (Wildman–Crippen LogP) is 4.65. The smallest absolute Gasteiger partial charge is 0.132 e. The van der Waals surface area contributed by atoms with Crippen LogP contribution in [0.4, 0.5) is 5.82 Å². The standard InChI is InChI=1S/C15H15Cl2N3/c16-11-3-1-2-10(12(11)17)13-14(18)20(9-6-7-9)15(19-13)8-4-5-8/h1-3,8-9H,4-7,18H2. The molecule has 1 heterocycles. The van der Waals surface area contributed by atoms with E-state index in [0.717, 1.165) is 22.9 Å². The Kier molecular flexibility index (Phi) is 2.76. The summed E-state index contributed by atoms with van der Waals surface area (Å²) in [5, 5.41) is 1.07. The van der Waals surface area contributed by atoms with Gasteiger partial charge in [-0.1, -0.05) is 35.3 Å². The van der Waals surface area contributed by atoms with Gasteiger partial charge in [0.1, 0.15) is 17.3 Å². The quantitative estimate of drug-likeness (QED) is 0.897. The zero-order valence-corrected chi connectivity index (χ0v) is 12.5. The van der Waals surface area contributed by atoms with Crippen molar-refractivity contribution in [3.8, 4) is 11.3 Å². The Morgan fingerprint density at radius 3 is 2.55 bits per heavy atom. The van der Waals surface area contributed by atoms with Crippen LogP contribution in [0, 0.1) is 0 Å². The van der Waals surface area contributed by atoms with Crippen molar-refractivity contribution >= 4 is 29.0 Å². The van der Waals surface area contributed by atoms with Crippen molar-refractivity contribution in [3.63, 3.8) is 0 Å². The number of hydrogen-bond donors (Lipinski definition) is 1. The minimum Gasteiger partial charge on any atom is -0.383 e. The molecule has 2 fully saturated rings. The van der Waals surface area contributed by atoms with Crippen molar-refractivity contribution in [1.82, 2.24) is 9.55 Å². The van der Waals surface area contributed by atoms with Crippen molar-refractivity contribution < 1.29 is 0 Å². The molecule has 4 rings (SSSR count). The molecule has 0 spiro atoms. The van der Waals surface area contributed by atoms with Gasteiger partial charge in [0.05, 0.1) is 10.0 Å². The molecular formula is C15H15Cl2N3. The first-order chi connectivity index (χ1) is 9.66. The first kappa shape index (κ1) is 12.5. The lowest BCUT2D eigenvalue weighted by Crippen LogP contribution is -2.04.